The third-order valence-corrected chi connectivity index (χ3v) is 11.2. The number of fused-ring (bicyclic) bond motifs is 1. The third-order valence-electron chi connectivity index (χ3n) is 7.09. The van der Waals surface area contributed by atoms with Crippen molar-refractivity contribution in [1.82, 2.24) is 14.2 Å². The van der Waals surface area contributed by atoms with E-state index in [0.717, 1.165) is 41.3 Å². The fraction of sp³-hybridized carbons (Fsp3) is 0.480. The molecule has 2 amide bonds. The molecule has 5 rings (SSSR count). The Morgan fingerprint density at radius 2 is 2.00 bits per heavy atom. The quantitative estimate of drug-likeness (QED) is 0.471. The molecule has 1 N–H and O–H groups in total. The topological polar surface area (TPSA) is 99.7 Å². The van der Waals surface area contributed by atoms with Crippen LogP contribution in [0.2, 0.25) is 0 Å². The number of hydrogen-bond donors (Lipinski definition) is 1. The zero-order chi connectivity index (χ0) is 25.3. The van der Waals surface area contributed by atoms with Crippen molar-refractivity contribution in [2.24, 2.45) is 5.92 Å². The molecular weight excluding hydrogens is 517 g/mol. The second kappa shape index (κ2) is 10.6. The zero-order valence-corrected chi connectivity index (χ0v) is 22.6. The summed E-state index contributed by atoms with van der Waals surface area (Å²) in [5.74, 6) is -0.209. The van der Waals surface area contributed by atoms with Crippen LogP contribution in [0.4, 0.5) is 5.13 Å². The molecule has 0 spiro atoms. The van der Waals surface area contributed by atoms with E-state index in [1.165, 1.54) is 33.4 Å². The van der Waals surface area contributed by atoms with Gasteiger partial charge in [0.25, 0.3) is 10.0 Å². The number of nitrogens with zero attached hydrogens (tertiary/aromatic N) is 3. The first-order valence-electron chi connectivity index (χ1n) is 12.3. The molecule has 11 heteroatoms. The molecule has 0 bridgehead atoms. The highest BCUT2D eigenvalue weighted by molar-refractivity contribution is 7.91. The normalized spacial score (nSPS) is 19.0. The lowest BCUT2D eigenvalue weighted by Crippen LogP contribution is -2.58. The maximum absolute atomic E-state index is 13.4. The lowest BCUT2D eigenvalue weighted by atomic mass is 9.84. The van der Waals surface area contributed by atoms with E-state index in [0.29, 0.717) is 17.5 Å². The summed E-state index contributed by atoms with van der Waals surface area (Å²) in [6.45, 7) is 2.05. The van der Waals surface area contributed by atoms with E-state index >= 15 is 0 Å². The highest BCUT2D eigenvalue weighted by Crippen LogP contribution is 2.33. The minimum absolute atomic E-state index is 0.160. The van der Waals surface area contributed by atoms with Crippen molar-refractivity contribution in [3.63, 3.8) is 0 Å². The lowest BCUT2D eigenvalue weighted by Gasteiger charge is -2.39. The number of rotatable bonds is 7. The number of carbonyl (C=O) groups excluding carboxylic acids is 2. The number of aromatic nitrogens is 1. The summed E-state index contributed by atoms with van der Waals surface area (Å²) in [5.41, 5.74) is 1.06. The van der Waals surface area contributed by atoms with Crippen LogP contribution >= 0.6 is 22.7 Å². The van der Waals surface area contributed by atoms with E-state index < -0.39 is 16.1 Å². The molecule has 192 valence electrons. The number of piperazine rings is 1. The van der Waals surface area contributed by atoms with Gasteiger partial charge in [0, 0.05) is 29.4 Å². The highest BCUT2D eigenvalue weighted by atomic mass is 32.2. The van der Waals surface area contributed by atoms with Gasteiger partial charge in [0.15, 0.2) is 5.13 Å². The molecule has 1 saturated carbocycles. The Hall–Kier alpha value is -2.34. The van der Waals surface area contributed by atoms with Crippen molar-refractivity contribution >= 4 is 59.7 Å². The summed E-state index contributed by atoms with van der Waals surface area (Å²) >= 11 is 2.55. The van der Waals surface area contributed by atoms with Crippen molar-refractivity contribution in [3.05, 3.63) is 41.4 Å². The molecule has 1 atom stereocenters. The van der Waals surface area contributed by atoms with E-state index in [1.807, 2.05) is 25.1 Å². The smallest absolute Gasteiger partial charge is 0.253 e. The van der Waals surface area contributed by atoms with Crippen LogP contribution in [0.3, 0.4) is 0 Å². The number of nitrogens with one attached hydrogen (secondary N) is 1. The Bertz CT molecular complexity index is 1350. The molecule has 2 aromatic heterocycles. The Labute approximate surface area is 219 Å². The maximum atomic E-state index is 13.4. The number of carbonyl (C=O) groups is 2. The van der Waals surface area contributed by atoms with Crippen LogP contribution in [-0.4, -0.2) is 60.1 Å². The number of aryl methyl sites for hydroxylation is 1. The third kappa shape index (κ3) is 5.34. The first-order chi connectivity index (χ1) is 17.3. The number of anilines is 1. The van der Waals surface area contributed by atoms with Gasteiger partial charge in [-0.2, -0.15) is 4.31 Å². The van der Waals surface area contributed by atoms with Gasteiger partial charge in [0.1, 0.15) is 10.3 Å². The molecule has 1 aliphatic carbocycles. The molecule has 1 aliphatic heterocycles. The van der Waals surface area contributed by atoms with Crippen molar-refractivity contribution in [2.75, 3.05) is 25.0 Å². The molecular formula is C25H30N4O4S3. The van der Waals surface area contributed by atoms with Crippen LogP contribution in [0.1, 0.15) is 44.1 Å². The van der Waals surface area contributed by atoms with Crippen LogP contribution in [0, 0.1) is 12.8 Å². The van der Waals surface area contributed by atoms with Crippen LogP contribution in [0.25, 0.3) is 10.1 Å². The fourth-order valence-electron chi connectivity index (χ4n) is 5.18. The molecule has 1 aromatic carbocycles. The number of benzene rings is 1. The van der Waals surface area contributed by atoms with Gasteiger partial charge < -0.3 is 10.2 Å². The molecule has 36 heavy (non-hydrogen) atoms. The average molecular weight is 547 g/mol. The molecule has 0 radical (unpaired) electrons. The summed E-state index contributed by atoms with van der Waals surface area (Å²) in [5, 5.41) is 6.03. The van der Waals surface area contributed by atoms with Crippen LogP contribution in [0.5, 0.6) is 0 Å². The Balaban J connectivity index is 1.33. The van der Waals surface area contributed by atoms with Gasteiger partial charge in [-0.05, 0) is 36.8 Å². The molecule has 3 aromatic rings. The fourth-order valence-corrected chi connectivity index (χ4v) is 8.63. The zero-order valence-electron chi connectivity index (χ0n) is 20.2. The van der Waals surface area contributed by atoms with Crippen LogP contribution in [0.15, 0.2) is 40.1 Å². The van der Waals surface area contributed by atoms with Gasteiger partial charge in [-0.1, -0.05) is 49.8 Å². The van der Waals surface area contributed by atoms with Crippen molar-refractivity contribution in [3.8, 4) is 0 Å². The van der Waals surface area contributed by atoms with Gasteiger partial charge in [-0.15, -0.1) is 22.7 Å². The maximum Gasteiger partial charge on any atom is 0.253 e. The van der Waals surface area contributed by atoms with Crippen molar-refractivity contribution in [1.29, 1.82) is 0 Å². The minimum Gasteiger partial charge on any atom is -0.328 e. The summed E-state index contributed by atoms with van der Waals surface area (Å²) in [4.78, 5) is 32.3. The first-order valence-corrected chi connectivity index (χ1v) is 15.4. The number of sulfonamides is 1. The number of amides is 2. The number of hydrogen-bond acceptors (Lipinski definition) is 7. The summed E-state index contributed by atoms with van der Waals surface area (Å²) in [7, 11) is -3.81. The number of thiazole rings is 1. The molecule has 2 fully saturated rings. The Morgan fingerprint density at radius 3 is 2.72 bits per heavy atom. The molecule has 1 saturated heterocycles. The Kier molecular flexibility index (Phi) is 7.43. The van der Waals surface area contributed by atoms with Crippen LogP contribution < -0.4 is 5.32 Å². The van der Waals surface area contributed by atoms with E-state index in [4.69, 9.17) is 0 Å². The first kappa shape index (κ1) is 25.3. The Morgan fingerprint density at radius 1 is 1.19 bits per heavy atom. The molecule has 1 unspecified atom stereocenters. The predicted molar refractivity (Wildman–Crippen MR) is 143 cm³/mol. The predicted octanol–water partition coefficient (Wildman–Crippen LogP) is 4.48. The molecule has 2 aliphatic rings. The largest absolute Gasteiger partial charge is 0.328 e. The average Bonchev–Trinajstić information content (AvgIpc) is 3.53. The van der Waals surface area contributed by atoms with Crippen LogP contribution in [-0.2, 0) is 19.6 Å². The minimum atomic E-state index is -3.81. The van der Waals surface area contributed by atoms with Gasteiger partial charge in [-0.3, -0.25) is 9.59 Å². The standard InChI is InChI=1S/C25H30N4O4S3/c1-17-7-8-21-19(13-17)15-23(35-21)36(32,33)28-10-11-29(22(30)16-28)20(14-18-5-3-2-4-6-18)24(31)27-25-26-9-12-34-25/h7-9,12-13,15,18,20H,2-6,10-11,14,16H2,1H3,(H,26,27,31). The molecule has 8 nitrogen and oxygen atoms in total. The second-order valence-corrected chi connectivity index (χ2v) is 13.8. The van der Waals surface area contributed by atoms with E-state index in [-0.39, 0.29) is 35.7 Å². The van der Waals surface area contributed by atoms with E-state index in [2.05, 4.69) is 10.3 Å². The van der Waals surface area contributed by atoms with Crippen molar-refractivity contribution in [2.45, 2.75) is 55.7 Å². The summed E-state index contributed by atoms with van der Waals surface area (Å²) in [6.07, 6.45) is 7.80. The van der Waals surface area contributed by atoms with E-state index in [9.17, 15) is 18.0 Å². The SMILES string of the molecule is Cc1ccc2sc(S(=O)(=O)N3CCN(C(CC4CCCCC4)C(=O)Nc4nccs4)C(=O)C3)cc2c1. The second-order valence-electron chi connectivity index (χ2n) is 9.61. The molecule has 3 heterocycles. The monoisotopic (exact) mass is 546 g/mol. The summed E-state index contributed by atoms with van der Waals surface area (Å²) in [6, 6.07) is 6.90. The van der Waals surface area contributed by atoms with Gasteiger partial charge >= 0.3 is 0 Å². The highest BCUT2D eigenvalue weighted by Gasteiger charge is 2.39. The van der Waals surface area contributed by atoms with Gasteiger partial charge in [0.05, 0.1) is 6.54 Å². The van der Waals surface area contributed by atoms with Crippen molar-refractivity contribution < 1.29 is 18.0 Å². The van der Waals surface area contributed by atoms with E-state index in [1.54, 1.807) is 22.5 Å². The van der Waals surface area contributed by atoms with Gasteiger partial charge in [-0.25, -0.2) is 13.4 Å². The lowest BCUT2D eigenvalue weighted by molar-refractivity contribution is -0.142. The summed E-state index contributed by atoms with van der Waals surface area (Å²) < 4.78 is 29.2. The van der Waals surface area contributed by atoms with Gasteiger partial charge in [0.2, 0.25) is 11.8 Å². The number of thiophene rings is 1.